The van der Waals surface area contributed by atoms with E-state index in [2.05, 4.69) is 25.9 Å². The second-order valence-electron chi connectivity index (χ2n) is 2.81. The van der Waals surface area contributed by atoms with Crippen LogP contribution in [0.4, 0.5) is 10.3 Å². The average Bonchev–Trinajstić information content (AvgIpc) is 2.70. The van der Waals surface area contributed by atoms with Gasteiger partial charge in [0.1, 0.15) is 5.82 Å². The van der Waals surface area contributed by atoms with Crippen LogP contribution in [-0.4, -0.2) is 26.5 Å². The Morgan fingerprint density at radius 3 is 2.94 bits per heavy atom. The lowest BCUT2D eigenvalue weighted by Crippen LogP contribution is -2.14. The van der Waals surface area contributed by atoms with Crippen LogP contribution in [0.25, 0.3) is 0 Å². The van der Waals surface area contributed by atoms with Gasteiger partial charge in [-0.2, -0.15) is 5.21 Å². The Morgan fingerprint density at radius 1 is 1.50 bits per heavy atom. The second kappa shape index (κ2) is 4.51. The Labute approximate surface area is 103 Å². The van der Waals surface area contributed by atoms with Gasteiger partial charge in [0.25, 0.3) is 11.9 Å². The summed E-state index contributed by atoms with van der Waals surface area (Å²) in [6.45, 7) is 0. The summed E-state index contributed by atoms with van der Waals surface area (Å²) >= 11 is 1.88. The number of anilines is 1. The number of hydrogen-bond donors (Lipinski definition) is 2. The molecule has 0 radical (unpaired) electrons. The molecule has 16 heavy (non-hydrogen) atoms. The largest absolute Gasteiger partial charge is 0.288 e. The van der Waals surface area contributed by atoms with Crippen LogP contribution in [0.3, 0.4) is 0 Å². The lowest BCUT2D eigenvalue weighted by Gasteiger charge is -2.02. The third-order valence-electron chi connectivity index (χ3n) is 1.75. The molecule has 0 bridgehead atoms. The quantitative estimate of drug-likeness (QED) is 0.809. The number of benzene rings is 1. The highest BCUT2D eigenvalue weighted by Crippen LogP contribution is 2.14. The number of H-pyrrole nitrogens is 1. The van der Waals surface area contributed by atoms with Crippen molar-refractivity contribution >= 4 is 34.4 Å². The Bertz CT molecular complexity index is 515. The molecule has 82 valence electrons. The number of tetrazole rings is 1. The van der Waals surface area contributed by atoms with Crippen LogP contribution >= 0.6 is 22.6 Å². The maximum atomic E-state index is 12.8. The zero-order chi connectivity index (χ0) is 11.5. The van der Waals surface area contributed by atoms with Crippen LogP contribution in [0.2, 0.25) is 0 Å². The molecule has 0 aliphatic carbocycles. The molecule has 0 aliphatic rings. The summed E-state index contributed by atoms with van der Waals surface area (Å²) in [5.41, 5.74) is 0.354. The number of carbonyl (C=O) groups is 1. The van der Waals surface area contributed by atoms with Crippen LogP contribution in [0.1, 0.15) is 10.4 Å². The van der Waals surface area contributed by atoms with Crippen LogP contribution in [-0.2, 0) is 0 Å². The minimum Gasteiger partial charge on any atom is -0.288 e. The minimum atomic E-state index is -0.411. The van der Waals surface area contributed by atoms with Gasteiger partial charge in [0, 0.05) is 3.57 Å². The molecule has 0 atom stereocenters. The summed E-state index contributed by atoms with van der Waals surface area (Å²) in [5, 5.41) is 15.1. The molecule has 1 aromatic carbocycles. The van der Waals surface area contributed by atoms with E-state index in [1.54, 1.807) is 0 Å². The smallest absolute Gasteiger partial charge is 0.270 e. The van der Waals surface area contributed by atoms with E-state index in [1.165, 1.54) is 18.2 Å². The topological polar surface area (TPSA) is 83.6 Å². The predicted octanol–water partition coefficient (Wildman–Crippen LogP) is 1.20. The zero-order valence-corrected chi connectivity index (χ0v) is 9.90. The van der Waals surface area contributed by atoms with Crippen molar-refractivity contribution in [2.24, 2.45) is 0 Å². The van der Waals surface area contributed by atoms with Crippen molar-refractivity contribution in [1.29, 1.82) is 0 Å². The Morgan fingerprint density at radius 2 is 2.31 bits per heavy atom. The molecule has 6 nitrogen and oxygen atoms in total. The van der Waals surface area contributed by atoms with Gasteiger partial charge >= 0.3 is 0 Å². The molecular formula is C8H5FIN5O. The van der Waals surface area contributed by atoms with E-state index in [0.29, 0.717) is 9.13 Å². The third kappa shape index (κ3) is 2.32. The van der Waals surface area contributed by atoms with Gasteiger partial charge in [0.05, 0.1) is 5.56 Å². The molecule has 8 heteroatoms. The van der Waals surface area contributed by atoms with Gasteiger partial charge in [-0.25, -0.2) is 4.39 Å². The van der Waals surface area contributed by atoms with Crippen molar-refractivity contribution in [3.63, 3.8) is 0 Å². The van der Waals surface area contributed by atoms with E-state index < -0.39 is 5.91 Å². The number of nitrogens with one attached hydrogen (secondary N) is 2. The summed E-state index contributed by atoms with van der Waals surface area (Å²) in [7, 11) is 0. The molecule has 2 N–H and O–H groups in total. The van der Waals surface area contributed by atoms with Gasteiger partial charge in [-0.1, -0.05) is 5.10 Å². The van der Waals surface area contributed by atoms with Gasteiger partial charge in [0.2, 0.25) is 0 Å². The van der Waals surface area contributed by atoms with Crippen LogP contribution < -0.4 is 5.32 Å². The average molecular weight is 333 g/mol. The molecule has 0 spiro atoms. The molecule has 0 aliphatic heterocycles. The summed E-state index contributed by atoms with van der Waals surface area (Å²) in [4.78, 5) is 11.7. The van der Waals surface area contributed by atoms with Gasteiger partial charge in [-0.15, -0.1) is 5.10 Å². The fourth-order valence-corrected chi connectivity index (χ4v) is 1.78. The van der Waals surface area contributed by atoms with Gasteiger partial charge in [0.15, 0.2) is 0 Å². The van der Waals surface area contributed by atoms with Crippen molar-refractivity contribution < 1.29 is 9.18 Å². The standard InChI is InChI=1S/C8H5FIN5O/c9-4-1-2-5(6(10)3-4)7(16)11-8-12-14-15-13-8/h1-3H,(H2,11,12,13,14,15,16). The third-order valence-corrected chi connectivity index (χ3v) is 2.64. The number of rotatable bonds is 2. The van der Waals surface area contributed by atoms with E-state index in [1.807, 2.05) is 22.6 Å². The number of aromatic nitrogens is 4. The van der Waals surface area contributed by atoms with Crippen molar-refractivity contribution in [1.82, 2.24) is 20.6 Å². The number of amides is 1. The van der Waals surface area contributed by atoms with Gasteiger partial charge in [-0.05, 0) is 46.0 Å². The second-order valence-corrected chi connectivity index (χ2v) is 3.98. The first-order chi connectivity index (χ1) is 7.66. The molecule has 1 aromatic heterocycles. The SMILES string of the molecule is O=C(Nc1nn[nH]n1)c1ccc(F)cc1I. The molecular weight excluding hydrogens is 328 g/mol. The van der Waals surface area contributed by atoms with Crippen LogP contribution in [0.5, 0.6) is 0 Å². The van der Waals surface area contributed by atoms with Gasteiger partial charge < -0.3 is 0 Å². The highest BCUT2D eigenvalue weighted by atomic mass is 127. The molecule has 1 amide bonds. The van der Waals surface area contributed by atoms with E-state index >= 15 is 0 Å². The Kier molecular flexibility index (Phi) is 3.08. The molecule has 0 saturated carbocycles. The number of nitrogens with zero attached hydrogens (tertiary/aromatic N) is 3. The maximum Gasteiger partial charge on any atom is 0.270 e. The first-order valence-electron chi connectivity index (χ1n) is 4.16. The Hall–Kier alpha value is -1.58. The van der Waals surface area contributed by atoms with Crippen LogP contribution in [0.15, 0.2) is 18.2 Å². The van der Waals surface area contributed by atoms with Crippen molar-refractivity contribution in [2.75, 3.05) is 5.32 Å². The monoisotopic (exact) mass is 333 g/mol. The summed E-state index contributed by atoms with van der Waals surface area (Å²) < 4.78 is 13.3. The highest BCUT2D eigenvalue weighted by molar-refractivity contribution is 14.1. The number of aromatic amines is 1. The lowest BCUT2D eigenvalue weighted by molar-refractivity contribution is 0.102. The molecule has 0 saturated heterocycles. The normalized spacial score (nSPS) is 10.1. The first-order valence-corrected chi connectivity index (χ1v) is 5.24. The predicted molar refractivity (Wildman–Crippen MR) is 61.2 cm³/mol. The first kappa shape index (κ1) is 10.9. The van der Waals surface area contributed by atoms with E-state index in [9.17, 15) is 9.18 Å². The van der Waals surface area contributed by atoms with Gasteiger partial charge in [-0.3, -0.25) is 10.1 Å². The molecule has 0 fully saturated rings. The fraction of sp³-hybridized carbons (Fsp3) is 0. The molecule has 1 heterocycles. The highest BCUT2D eigenvalue weighted by Gasteiger charge is 2.12. The number of hydrogen-bond acceptors (Lipinski definition) is 4. The van der Waals surface area contributed by atoms with Crippen LogP contribution in [0, 0.1) is 9.39 Å². The molecule has 2 aromatic rings. The van der Waals surface area contributed by atoms with Crippen molar-refractivity contribution in [2.45, 2.75) is 0 Å². The molecule has 0 unspecified atom stereocenters. The minimum absolute atomic E-state index is 0.0742. The fourth-order valence-electron chi connectivity index (χ4n) is 1.06. The van der Waals surface area contributed by atoms with E-state index in [4.69, 9.17) is 0 Å². The summed E-state index contributed by atoms with van der Waals surface area (Å²) in [5.74, 6) is -0.726. The summed E-state index contributed by atoms with van der Waals surface area (Å²) in [6.07, 6.45) is 0. The molecule has 2 rings (SSSR count). The van der Waals surface area contributed by atoms with Crippen molar-refractivity contribution in [3.05, 3.63) is 33.1 Å². The summed E-state index contributed by atoms with van der Waals surface area (Å²) in [6, 6.07) is 3.88. The van der Waals surface area contributed by atoms with E-state index in [0.717, 1.165) is 0 Å². The number of halogens is 2. The zero-order valence-electron chi connectivity index (χ0n) is 7.74. The lowest BCUT2D eigenvalue weighted by atomic mass is 10.2. The maximum absolute atomic E-state index is 12.8. The van der Waals surface area contributed by atoms with E-state index in [-0.39, 0.29) is 11.8 Å². The number of carbonyl (C=O) groups excluding carboxylic acids is 1. The van der Waals surface area contributed by atoms with Crippen molar-refractivity contribution in [3.8, 4) is 0 Å². The Balaban J connectivity index is 2.21.